The van der Waals surface area contributed by atoms with Gasteiger partial charge in [-0.3, -0.25) is 0 Å². The zero-order valence-electron chi connectivity index (χ0n) is 9.83. The van der Waals surface area contributed by atoms with Crippen molar-refractivity contribution in [2.75, 3.05) is 5.73 Å². The lowest BCUT2D eigenvalue weighted by Crippen LogP contribution is -1.96. The van der Waals surface area contributed by atoms with Gasteiger partial charge in [0.25, 0.3) is 0 Å². The van der Waals surface area contributed by atoms with E-state index in [1.165, 1.54) is 0 Å². The van der Waals surface area contributed by atoms with Crippen LogP contribution in [0.1, 0.15) is 9.67 Å². The van der Waals surface area contributed by atoms with Gasteiger partial charge in [-0.05, 0) is 12.1 Å². The van der Waals surface area contributed by atoms with Gasteiger partial charge < -0.3 is 10.8 Å². The molecule has 0 unspecified atom stereocenters. The Morgan fingerprint density at radius 3 is 2.58 bits per heavy atom. The summed E-state index contributed by atoms with van der Waals surface area (Å²) in [4.78, 5) is 16.3. The summed E-state index contributed by atoms with van der Waals surface area (Å²) >= 11 is 1.11. The Kier molecular flexibility index (Phi) is 2.68. The predicted molar refractivity (Wildman–Crippen MR) is 76.4 cm³/mol. The summed E-state index contributed by atoms with van der Waals surface area (Å²) in [7, 11) is 0. The Morgan fingerprint density at radius 2 is 1.89 bits per heavy atom. The Balaban J connectivity index is 2.19. The van der Waals surface area contributed by atoms with Gasteiger partial charge in [-0.15, -0.1) is 11.3 Å². The zero-order chi connectivity index (χ0) is 13.4. The number of hydrogen-bond acceptors (Lipinski definition) is 4. The van der Waals surface area contributed by atoms with Gasteiger partial charge in [0.15, 0.2) is 0 Å². The maximum absolute atomic E-state index is 11.0. The first-order valence-corrected chi connectivity index (χ1v) is 6.46. The Morgan fingerprint density at radius 1 is 1.16 bits per heavy atom. The standard InChI is InChI=1S/C14H10N2O2S/c15-11-9-6-7-10(8-4-2-1-3-5-8)16-13(9)19-12(11)14(17)18/h1-7H,15H2,(H,17,18). The maximum Gasteiger partial charge on any atom is 0.348 e. The summed E-state index contributed by atoms with van der Waals surface area (Å²) < 4.78 is 0. The molecule has 2 heterocycles. The van der Waals surface area contributed by atoms with Crippen LogP contribution in [0.3, 0.4) is 0 Å². The Labute approximate surface area is 113 Å². The number of thiophene rings is 1. The van der Waals surface area contributed by atoms with Crippen molar-refractivity contribution >= 4 is 33.2 Å². The van der Waals surface area contributed by atoms with Crippen molar-refractivity contribution in [3.05, 3.63) is 47.3 Å². The van der Waals surface area contributed by atoms with Crippen LogP contribution in [0.5, 0.6) is 0 Å². The smallest absolute Gasteiger partial charge is 0.348 e. The fourth-order valence-electron chi connectivity index (χ4n) is 1.93. The molecule has 0 radical (unpaired) electrons. The molecule has 5 heteroatoms. The molecule has 0 fully saturated rings. The largest absolute Gasteiger partial charge is 0.477 e. The van der Waals surface area contributed by atoms with E-state index in [4.69, 9.17) is 10.8 Å². The number of nitrogens with two attached hydrogens (primary N) is 1. The molecule has 0 bridgehead atoms. The molecule has 94 valence electrons. The normalized spacial score (nSPS) is 10.7. The lowest BCUT2D eigenvalue weighted by molar-refractivity contribution is 0.0703. The molecule has 0 spiro atoms. The van der Waals surface area contributed by atoms with Gasteiger partial charge in [0, 0.05) is 10.9 Å². The maximum atomic E-state index is 11.0. The number of rotatable bonds is 2. The van der Waals surface area contributed by atoms with Crippen molar-refractivity contribution in [3.63, 3.8) is 0 Å². The van der Waals surface area contributed by atoms with Crippen molar-refractivity contribution < 1.29 is 9.90 Å². The number of benzene rings is 1. The third kappa shape index (κ3) is 1.94. The number of carbonyl (C=O) groups is 1. The van der Waals surface area contributed by atoms with E-state index in [0.29, 0.717) is 15.9 Å². The number of fused-ring (bicyclic) bond motifs is 1. The Hall–Kier alpha value is -2.40. The highest BCUT2D eigenvalue weighted by atomic mass is 32.1. The summed E-state index contributed by atoms with van der Waals surface area (Å²) in [6.45, 7) is 0. The van der Waals surface area contributed by atoms with Crippen molar-refractivity contribution in [1.82, 2.24) is 4.98 Å². The lowest BCUT2D eigenvalue weighted by atomic mass is 10.1. The molecule has 3 N–H and O–H groups in total. The summed E-state index contributed by atoms with van der Waals surface area (Å²) in [5.74, 6) is -1.01. The number of hydrogen-bond donors (Lipinski definition) is 2. The van der Waals surface area contributed by atoms with E-state index < -0.39 is 5.97 Å². The van der Waals surface area contributed by atoms with E-state index in [1.54, 1.807) is 0 Å². The molecule has 0 saturated carbocycles. The number of carboxylic acid groups (broad SMARTS) is 1. The topological polar surface area (TPSA) is 76.2 Å². The second-order valence-corrected chi connectivity index (χ2v) is 5.06. The van der Waals surface area contributed by atoms with E-state index in [1.807, 2.05) is 42.5 Å². The molecule has 0 aliphatic heterocycles. The molecule has 0 saturated heterocycles. The number of aromatic carboxylic acids is 1. The van der Waals surface area contributed by atoms with Gasteiger partial charge in [0.1, 0.15) is 9.71 Å². The molecule has 0 aliphatic carbocycles. The Bertz CT molecular complexity index is 766. The van der Waals surface area contributed by atoms with E-state index in [-0.39, 0.29) is 4.88 Å². The molecule has 3 aromatic rings. The molecular formula is C14H10N2O2S. The van der Waals surface area contributed by atoms with Crippen LogP contribution in [0, 0.1) is 0 Å². The van der Waals surface area contributed by atoms with E-state index in [2.05, 4.69) is 4.98 Å². The minimum Gasteiger partial charge on any atom is -0.477 e. The molecular weight excluding hydrogens is 260 g/mol. The van der Waals surface area contributed by atoms with Crippen molar-refractivity contribution in [2.24, 2.45) is 0 Å². The monoisotopic (exact) mass is 270 g/mol. The van der Waals surface area contributed by atoms with Gasteiger partial charge in [-0.2, -0.15) is 0 Å². The number of nitrogen functional groups attached to an aromatic ring is 1. The van der Waals surface area contributed by atoms with Crippen molar-refractivity contribution in [3.8, 4) is 11.3 Å². The number of nitrogens with zero attached hydrogens (tertiary/aromatic N) is 1. The van der Waals surface area contributed by atoms with E-state index in [9.17, 15) is 4.79 Å². The quantitative estimate of drug-likeness (QED) is 0.749. The van der Waals surface area contributed by atoms with Crippen molar-refractivity contribution in [1.29, 1.82) is 0 Å². The molecule has 0 aliphatic rings. The summed E-state index contributed by atoms with van der Waals surface area (Å²) in [6, 6.07) is 13.4. The van der Waals surface area contributed by atoms with Gasteiger partial charge in [0.2, 0.25) is 0 Å². The fourth-order valence-corrected chi connectivity index (χ4v) is 2.86. The van der Waals surface area contributed by atoms with Crippen LogP contribution in [0.15, 0.2) is 42.5 Å². The van der Waals surface area contributed by atoms with E-state index in [0.717, 1.165) is 22.6 Å². The van der Waals surface area contributed by atoms with Crippen LogP contribution in [-0.2, 0) is 0 Å². The second kappa shape index (κ2) is 4.37. The summed E-state index contributed by atoms with van der Waals surface area (Å²) in [6.07, 6.45) is 0. The fraction of sp³-hybridized carbons (Fsp3) is 0. The first-order valence-electron chi connectivity index (χ1n) is 5.64. The second-order valence-electron chi connectivity index (χ2n) is 4.07. The van der Waals surface area contributed by atoms with Crippen LogP contribution in [0.2, 0.25) is 0 Å². The number of aromatic nitrogens is 1. The molecule has 3 rings (SSSR count). The molecule has 0 atom stereocenters. The van der Waals surface area contributed by atoms with Gasteiger partial charge in [0.05, 0.1) is 11.4 Å². The van der Waals surface area contributed by atoms with Crippen LogP contribution < -0.4 is 5.73 Å². The lowest BCUT2D eigenvalue weighted by Gasteiger charge is -2.00. The zero-order valence-corrected chi connectivity index (χ0v) is 10.6. The first kappa shape index (κ1) is 11.7. The highest BCUT2D eigenvalue weighted by molar-refractivity contribution is 7.21. The average Bonchev–Trinajstić information content (AvgIpc) is 2.77. The van der Waals surface area contributed by atoms with Crippen LogP contribution >= 0.6 is 11.3 Å². The minimum absolute atomic E-state index is 0.146. The van der Waals surface area contributed by atoms with E-state index >= 15 is 0 Å². The summed E-state index contributed by atoms with van der Waals surface area (Å²) in [5, 5.41) is 9.75. The highest BCUT2D eigenvalue weighted by Crippen LogP contribution is 2.33. The average molecular weight is 270 g/mol. The first-order chi connectivity index (χ1) is 9.16. The predicted octanol–water partition coefficient (Wildman–Crippen LogP) is 3.24. The highest BCUT2D eigenvalue weighted by Gasteiger charge is 2.16. The third-order valence-corrected chi connectivity index (χ3v) is 3.96. The molecule has 1 aromatic carbocycles. The SMILES string of the molecule is Nc1c(C(=O)O)sc2nc(-c3ccccc3)ccc12. The third-order valence-electron chi connectivity index (χ3n) is 2.86. The number of pyridine rings is 1. The van der Waals surface area contributed by atoms with Crippen LogP contribution in [0.25, 0.3) is 21.5 Å². The molecule has 2 aromatic heterocycles. The summed E-state index contributed by atoms with van der Waals surface area (Å²) in [5.41, 5.74) is 7.91. The van der Waals surface area contributed by atoms with Gasteiger partial charge >= 0.3 is 5.97 Å². The van der Waals surface area contributed by atoms with Gasteiger partial charge in [-0.1, -0.05) is 30.3 Å². The number of carboxylic acids is 1. The van der Waals surface area contributed by atoms with Gasteiger partial charge in [-0.25, -0.2) is 9.78 Å². The molecule has 4 nitrogen and oxygen atoms in total. The van der Waals surface area contributed by atoms with Crippen LogP contribution in [0.4, 0.5) is 5.69 Å². The van der Waals surface area contributed by atoms with Crippen molar-refractivity contribution in [2.45, 2.75) is 0 Å². The minimum atomic E-state index is -1.01. The molecule has 0 amide bonds. The van der Waals surface area contributed by atoms with Crippen LogP contribution in [-0.4, -0.2) is 16.1 Å². The number of anilines is 1. The molecule has 19 heavy (non-hydrogen) atoms.